The molecule has 0 spiro atoms. The number of likely N-dealkylation sites (tertiary alicyclic amines) is 1. The lowest BCUT2D eigenvalue weighted by Crippen LogP contribution is -2.49. The fraction of sp³-hybridized carbons (Fsp3) is 0.263. The lowest BCUT2D eigenvalue weighted by molar-refractivity contribution is -0.130. The van der Waals surface area contributed by atoms with Crippen LogP contribution < -0.4 is 67.1 Å². The number of allylic oxidation sites excluding steroid dienone is 1. The number of carbonyl (C=O) groups is 6. The van der Waals surface area contributed by atoms with E-state index in [0.717, 1.165) is 180 Å². The number of ether oxygens (including phenoxy) is 2. The molecule has 6 amide bonds. The number of piperazine rings is 1. The maximum atomic E-state index is 13.0. The number of amides is 6. The number of methoxy groups -OCH3 is 2. The Labute approximate surface area is 595 Å². The second-order valence-electron chi connectivity index (χ2n) is 25.6. The summed E-state index contributed by atoms with van der Waals surface area (Å²) in [6.07, 6.45) is 8.53. The second-order valence-corrected chi connectivity index (χ2v) is 25.6. The van der Waals surface area contributed by atoms with Crippen molar-refractivity contribution in [1.29, 1.82) is 0 Å². The van der Waals surface area contributed by atoms with Gasteiger partial charge in [0, 0.05) is 118 Å². The number of rotatable bonds is 14. The second kappa shape index (κ2) is 32.8. The van der Waals surface area contributed by atoms with Gasteiger partial charge in [0.25, 0.3) is 17.7 Å². The molecule has 2 fully saturated rings. The summed E-state index contributed by atoms with van der Waals surface area (Å²) in [5, 5.41) is 27.3. The van der Waals surface area contributed by atoms with E-state index in [1.165, 1.54) is 25.1 Å². The van der Waals surface area contributed by atoms with E-state index in [4.69, 9.17) is 9.47 Å². The van der Waals surface area contributed by atoms with E-state index in [2.05, 4.69) is 119 Å². The molecule has 0 bridgehead atoms. The minimum Gasteiger partial charge on any atom is -0.495 e. The smallest absolute Gasteiger partial charge is 0.259 e. The van der Waals surface area contributed by atoms with E-state index in [9.17, 15) is 28.8 Å². The Morgan fingerprint density at radius 1 is 0.559 bits per heavy atom. The van der Waals surface area contributed by atoms with E-state index in [1.807, 2.05) is 101 Å². The molecule has 0 aliphatic carbocycles. The number of hydrogen-bond donors (Lipinski definition) is 9. The van der Waals surface area contributed by atoms with Gasteiger partial charge in [0.15, 0.2) is 0 Å². The standard InChI is InChI=1S/C22H25N3O.C21H22N4O2.C21H24N4O2.C15H13N3O3.CH4/c1-16-13-19-14-18(7-8-21(19)23-16)22(26)24-20-9-11-25(12-10-20)15-17-5-3-2-4-6-17;1-13-23-17-9-8-14(11-18(17)24-13)12-20(26)25-10-4-6-15-16(21(27)22-2)5-3-7-19(15)25;1-15-22-17-8-7-16(13-18(17)23-15)14-21(26)25-11-9-24(10-12-25)19-5-3-4-6-20(19)27-2;1-21-13-8-16-5-4-11(13)15(20)17-10-2-3-12-9(6-10)7-14(19)18-12;/h2-8,14,20,23H,1,9-13,15H2,(H,24,26);3,5,7-9,11,23-24H,1,4,6,10,12H2,2H3,(H,22,27);3-8,13,22-23H,1,9-12,14H2,2H3;2-6,8H,7H2,1H3,(H,17,20)(H,18,19);1H4. The van der Waals surface area contributed by atoms with Crippen LogP contribution in [-0.2, 0) is 53.0 Å². The van der Waals surface area contributed by atoms with Gasteiger partial charge in [0.05, 0.1) is 73.7 Å². The van der Waals surface area contributed by atoms with Crippen LogP contribution >= 0.6 is 0 Å². The van der Waals surface area contributed by atoms with Crippen LogP contribution in [0.25, 0.3) is 0 Å². The molecule has 0 radical (unpaired) electrons. The zero-order valence-electron chi connectivity index (χ0n) is 57.1. The maximum Gasteiger partial charge on any atom is 0.259 e. The first-order valence-electron chi connectivity index (χ1n) is 33.9. The van der Waals surface area contributed by atoms with E-state index >= 15 is 0 Å². The maximum absolute atomic E-state index is 13.0. The summed E-state index contributed by atoms with van der Waals surface area (Å²) in [5.41, 5.74) is 17.4. The summed E-state index contributed by atoms with van der Waals surface area (Å²) < 4.78 is 10.6. The molecular weight excluding hydrogens is 1280 g/mol. The van der Waals surface area contributed by atoms with Crippen LogP contribution in [0.5, 0.6) is 11.5 Å². The van der Waals surface area contributed by atoms with Gasteiger partial charge in [-0.05, 0) is 150 Å². The number of fused-ring (bicyclic) bond motifs is 5. The number of para-hydroxylation sites is 2. The van der Waals surface area contributed by atoms with Crippen LogP contribution in [0.3, 0.4) is 0 Å². The normalized spacial score (nSPS) is 15.1. The van der Waals surface area contributed by atoms with Crippen LogP contribution in [0.1, 0.15) is 91.1 Å². The first-order chi connectivity index (χ1) is 49.0. The fourth-order valence-corrected chi connectivity index (χ4v) is 13.5. The highest BCUT2D eigenvalue weighted by atomic mass is 16.5. The number of aromatic nitrogens is 1. The van der Waals surface area contributed by atoms with Crippen LogP contribution in [0, 0.1) is 0 Å². The molecule has 9 N–H and O–H groups in total. The van der Waals surface area contributed by atoms with Gasteiger partial charge in [-0.15, -0.1) is 0 Å². The molecule has 7 aromatic carbocycles. The van der Waals surface area contributed by atoms with Crippen molar-refractivity contribution in [3.8, 4) is 11.5 Å². The van der Waals surface area contributed by atoms with E-state index in [0.29, 0.717) is 48.4 Å². The number of piperidine rings is 1. The average molecular weight is 1370 g/mol. The molecular formula is C80H88N14O8. The van der Waals surface area contributed by atoms with Gasteiger partial charge in [0.2, 0.25) is 17.7 Å². The molecule has 8 aromatic rings. The minimum atomic E-state index is -0.286. The molecule has 0 atom stereocenters. The third kappa shape index (κ3) is 17.4. The Balaban J connectivity index is 0.000000137. The van der Waals surface area contributed by atoms with Gasteiger partial charge < -0.3 is 72.0 Å². The first-order valence-corrected chi connectivity index (χ1v) is 33.9. The Morgan fingerprint density at radius 3 is 1.88 bits per heavy atom. The van der Waals surface area contributed by atoms with Gasteiger partial charge in [-0.1, -0.05) is 87.8 Å². The minimum absolute atomic E-state index is 0. The Kier molecular flexibility index (Phi) is 23.0. The summed E-state index contributed by atoms with van der Waals surface area (Å²) in [4.78, 5) is 86.5. The number of nitrogens with zero attached hydrogens (tertiary/aromatic N) is 5. The molecule has 0 unspecified atom stereocenters. The Bertz CT molecular complexity index is 4490. The molecule has 7 aliphatic rings. The predicted octanol–water partition coefficient (Wildman–Crippen LogP) is 11.8. The van der Waals surface area contributed by atoms with Gasteiger partial charge >= 0.3 is 0 Å². The third-order valence-corrected chi connectivity index (χ3v) is 18.6. The molecule has 7 aliphatic heterocycles. The average Bonchev–Trinajstić information content (AvgIpc) is 1.15. The zero-order valence-corrected chi connectivity index (χ0v) is 57.1. The van der Waals surface area contributed by atoms with E-state index < -0.39 is 0 Å². The molecule has 22 heteroatoms. The van der Waals surface area contributed by atoms with Gasteiger partial charge in [-0.25, -0.2) is 0 Å². The fourth-order valence-electron chi connectivity index (χ4n) is 13.5. The highest BCUT2D eigenvalue weighted by molar-refractivity contribution is 6.07. The van der Waals surface area contributed by atoms with Crippen molar-refractivity contribution in [1.82, 2.24) is 25.4 Å². The van der Waals surface area contributed by atoms with Crippen molar-refractivity contribution >= 4 is 86.6 Å². The number of nitrogens with one attached hydrogen (secondary N) is 9. The predicted molar refractivity (Wildman–Crippen MR) is 405 cm³/mol. The Morgan fingerprint density at radius 2 is 1.19 bits per heavy atom. The summed E-state index contributed by atoms with van der Waals surface area (Å²) in [6.45, 7) is 18.4. The summed E-state index contributed by atoms with van der Waals surface area (Å²) in [6, 6.07) is 49.1. The lowest BCUT2D eigenvalue weighted by Gasteiger charge is -2.36. The van der Waals surface area contributed by atoms with Crippen molar-refractivity contribution in [2.24, 2.45) is 0 Å². The van der Waals surface area contributed by atoms with Gasteiger partial charge in [-0.3, -0.25) is 38.7 Å². The van der Waals surface area contributed by atoms with Crippen molar-refractivity contribution in [3.05, 3.63) is 251 Å². The number of pyridine rings is 1. The molecule has 526 valence electrons. The monoisotopic (exact) mass is 1370 g/mol. The van der Waals surface area contributed by atoms with Crippen LogP contribution in [0.4, 0.5) is 51.2 Å². The highest BCUT2D eigenvalue weighted by Crippen LogP contribution is 2.36. The van der Waals surface area contributed by atoms with Gasteiger partial charge in [0.1, 0.15) is 23.1 Å². The lowest BCUT2D eigenvalue weighted by atomic mass is 9.95. The van der Waals surface area contributed by atoms with Crippen molar-refractivity contribution in [2.45, 2.75) is 71.4 Å². The van der Waals surface area contributed by atoms with Crippen molar-refractivity contribution < 1.29 is 38.2 Å². The van der Waals surface area contributed by atoms with E-state index in [-0.39, 0.29) is 48.9 Å². The number of benzene rings is 7. The van der Waals surface area contributed by atoms with Crippen molar-refractivity contribution in [3.63, 3.8) is 0 Å². The number of carbonyl (C=O) groups excluding carboxylic acids is 6. The van der Waals surface area contributed by atoms with Crippen LogP contribution in [0.15, 0.2) is 201 Å². The summed E-state index contributed by atoms with van der Waals surface area (Å²) in [7, 11) is 4.80. The topological polar surface area (TPSA) is 255 Å². The summed E-state index contributed by atoms with van der Waals surface area (Å²) >= 11 is 0. The number of anilines is 9. The molecule has 8 heterocycles. The van der Waals surface area contributed by atoms with E-state index in [1.54, 1.807) is 38.4 Å². The molecule has 22 nitrogen and oxygen atoms in total. The molecule has 15 rings (SSSR count). The first kappa shape index (κ1) is 71.4. The molecule has 102 heavy (non-hydrogen) atoms. The zero-order chi connectivity index (χ0) is 70.5. The summed E-state index contributed by atoms with van der Waals surface area (Å²) in [5.74, 6) is 2.59. The highest BCUT2D eigenvalue weighted by Gasteiger charge is 2.29. The largest absolute Gasteiger partial charge is 0.495 e. The van der Waals surface area contributed by atoms with Crippen LogP contribution in [-0.4, -0.2) is 123 Å². The SMILES string of the molecule is C.C=C1Cc2cc(C(=O)NC3CCN(Cc4ccccc4)CC3)ccc2N1.C=C1Nc2ccc(CC(=O)N3CCCc4c(C(=O)NC)cccc43)cc2N1.C=C1Nc2ccc(CC(=O)N3CCN(c4ccccc4OC)CC3)cc2N1.COc1cnccc1C(=O)Nc1ccc2c(c1)CC(=O)N2. The number of hydrogen-bond acceptors (Lipinski definition) is 16. The van der Waals surface area contributed by atoms with Crippen molar-refractivity contribution in [2.75, 3.05) is 114 Å². The third-order valence-electron chi connectivity index (χ3n) is 18.6. The molecule has 0 saturated carbocycles. The molecule has 1 aromatic heterocycles. The van der Waals surface area contributed by atoms with Crippen LogP contribution in [0.2, 0.25) is 0 Å². The molecule has 2 saturated heterocycles. The quantitative estimate of drug-likeness (QED) is 0.0491. The van der Waals surface area contributed by atoms with Gasteiger partial charge in [-0.2, -0.15) is 0 Å². The Hall–Kier alpha value is -11.9.